The number of carbonyl (C=O) groups is 2. The molecule has 0 aromatic carbocycles. The van der Waals surface area contributed by atoms with Gasteiger partial charge in [-0.15, -0.1) is 10.2 Å². The van der Waals surface area contributed by atoms with Crippen LogP contribution in [0.15, 0.2) is 11.5 Å². The number of halogens is 3. The molecule has 0 fully saturated rings. The molecule has 0 saturated carbocycles. The van der Waals surface area contributed by atoms with E-state index in [1.807, 2.05) is 0 Å². The van der Waals surface area contributed by atoms with E-state index in [0.717, 1.165) is 22.7 Å². The first-order chi connectivity index (χ1) is 9.73. The molecule has 7 nitrogen and oxygen atoms in total. The van der Waals surface area contributed by atoms with Crippen LogP contribution >= 0.6 is 11.8 Å². The number of aromatic nitrogens is 3. The van der Waals surface area contributed by atoms with E-state index in [0.29, 0.717) is 6.54 Å². The molecule has 1 rings (SSSR count). The highest BCUT2D eigenvalue weighted by Gasteiger charge is 2.30. The molecule has 0 aliphatic carbocycles. The van der Waals surface area contributed by atoms with Crippen molar-refractivity contribution >= 4 is 23.7 Å². The molecule has 0 radical (unpaired) electrons. The van der Waals surface area contributed by atoms with Crippen LogP contribution < -0.4 is 10.6 Å². The molecule has 1 aromatic heterocycles. The number of hydrogen-bond donors (Lipinski definition) is 2. The van der Waals surface area contributed by atoms with Crippen LogP contribution in [0.2, 0.25) is 0 Å². The summed E-state index contributed by atoms with van der Waals surface area (Å²) in [6.07, 6.45) is -3.48. The van der Waals surface area contributed by atoms with Crippen LogP contribution in [0.1, 0.15) is 13.8 Å². The Hall–Kier alpha value is -1.78. The van der Waals surface area contributed by atoms with Crippen LogP contribution in [-0.2, 0) is 11.3 Å². The molecule has 0 spiro atoms. The normalized spacial score (nSPS) is 12.8. The Morgan fingerprint density at radius 3 is 2.71 bits per heavy atom. The molecule has 0 bridgehead atoms. The van der Waals surface area contributed by atoms with Gasteiger partial charge in [0.1, 0.15) is 12.9 Å². The first-order valence-corrected chi connectivity index (χ1v) is 6.80. The zero-order valence-corrected chi connectivity index (χ0v) is 12.1. The van der Waals surface area contributed by atoms with Gasteiger partial charge < -0.3 is 5.32 Å². The maximum absolute atomic E-state index is 12.3. The van der Waals surface area contributed by atoms with Crippen molar-refractivity contribution in [2.24, 2.45) is 0 Å². The van der Waals surface area contributed by atoms with Gasteiger partial charge in [0.2, 0.25) is 5.91 Å². The fraction of sp³-hybridized carbons (Fsp3) is 0.600. The summed E-state index contributed by atoms with van der Waals surface area (Å²) in [4.78, 5) is 22.9. The fourth-order valence-corrected chi connectivity index (χ4v) is 2.09. The van der Waals surface area contributed by atoms with E-state index in [-0.39, 0.29) is 5.16 Å². The number of imide groups is 1. The molecule has 0 aliphatic rings. The number of urea groups is 1. The molecule has 0 saturated heterocycles. The molecular formula is C10H14F3N5O2S. The number of alkyl halides is 3. The lowest BCUT2D eigenvalue weighted by atomic mass is 10.4. The third kappa shape index (κ3) is 6.02. The van der Waals surface area contributed by atoms with Crippen LogP contribution in [0.5, 0.6) is 0 Å². The molecule has 1 atom stereocenters. The van der Waals surface area contributed by atoms with Crippen LogP contribution in [0.3, 0.4) is 0 Å². The Labute approximate surface area is 122 Å². The van der Waals surface area contributed by atoms with Gasteiger partial charge >= 0.3 is 12.2 Å². The first kappa shape index (κ1) is 17.3. The maximum Gasteiger partial charge on any atom is 0.406 e. The average Bonchev–Trinajstić information content (AvgIpc) is 2.74. The molecule has 11 heteroatoms. The highest BCUT2D eigenvalue weighted by molar-refractivity contribution is 8.00. The summed E-state index contributed by atoms with van der Waals surface area (Å²) in [6, 6.07) is -0.660. The number of carbonyl (C=O) groups excluding carboxylic acids is 2. The molecule has 3 amide bonds. The van der Waals surface area contributed by atoms with Gasteiger partial charge in [0.15, 0.2) is 5.16 Å². The minimum absolute atomic E-state index is 0.0501. The Bertz CT molecular complexity index is 505. The second kappa shape index (κ2) is 7.29. The summed E-state index contributed by atoms with van der Waals surface area (Å²) in [7, 11) is 0. The monoisotopic (exact) mass is 325 g/mol. The third-order valence-electron chi connectivity index (χ3n) is 2.16. The van der Waals surface area contributed by atoms with Gasteiger partial charge in [0.25, 0.3) is 0 Å². The molecule has 21 heavy (non-hydrogen) atoms. The van der Waals surface area contributed by atoms with Crippen molar-refractivity contribution < 1.29 is 22.8 Å². The number of nitrogens with zero attached hydrogens (tertiary/aromatic N) is 3. The van der Waals surface area contributed by atoms with Gasteiger partial charge in [-0.3, -0.25) is 14.7 Å². The molecule has 1 heterocycles. The van der Waals surface area contributed by atoms with E-state index in [1.165, 1.54) is 6.92 Å². The average molecular weight is 325 g/mol. The topological polar surface area (TPSA) is 88.9 Å². The quantitative estimate of drug-likeness (QED) is 0.793. The predicted molar refractivity (Wildman–Crippen MR) is 68.6 cm³/mol. The van der Waals surface area contributed by atoms with Crippen LogP contribution in [0.4, 0.5) is 18.0 Å². The smallest absolute Gasteiger partial charge is 0.338 e. The van der Waals surface area contributed by atoms with Crippen LogP contribution in [0.25, 0.3) is 0 Å². The van der Waals surface area contributed by atoms with Crippen molar-refractivity contribution in [2.45, 2.75) is 37.0 Å². The van der Waals surface area contributed by atoms with Crippen LogP contribution in [-0.4, -0.2) is 44.7 Å². The van der Waals surface area contributed by atoms with E-state index in [2.05, 4.69) is 20.8 Å². The van der Waals surface area contributed by atoms with Crippen molar-refractivity contribution in [1.82, 2.24) is 25.4 Å². The number of thioether (sulfide) groups is 1. The second-order valence-electron chi connectivity index (χ2n) is 3.97. The molecule has 0 aliphatic heterocycles. The minimum Gasteiger partial charge on any atom is -0.338 e. The second-order valence-corrected chi connectivity index (χ2v) is 5.27. The van der Waals surface area contributed by atoms with E-state index >= 15 is 0 Å². The van der Waals surface area contributed by atoms with Crippen LogP contribution in [0, 0.1) is 0 Å². The van der Waals surface area contributed by atoms with Gasteiger partial charge in [-0.2, -0.15) is 13.2 Å². The summed E-state index contributed by atoms with van der Waals surface area (Å²) in [6.45, 7) is 2.24. The standard InChI is InChI=1S/C10H14F3N5O2S/c1-3-14-8(20)16-7(19)6(2)21-9-17-15-5-18(9)4-10(11,12)13/h5-6H,3-4H2,1-2H3,(H2,14,16,19,20)/t6-/m0/s1. The van der Waals surface area contributed by atoms with E-state index in [9.17, 15) is 22.8 Å². The number of rotatable bonds is 5. The molecule has 2 N–H and O–H groups in total. The fourth-order valence-electron chi connectivity index (χ4n) is 1.27. The number of amides is 3. The zero-order chi connectivity index (χ0) is 16.0. The lowest BCUT2D eigenvalue weighted by Crippen LogP contribution is -2.42. The Morgan fingerprint density at radius 1 is 1.48 bits per heavy atom. The van der Waals surface area contributed by atoms with Gasteiger partial charge in [0.05, 0.1) is 5.25 Å². The first-order valence-electron chi connectivity index (χ1n) is 5.93. The van der Waals surface area contributed by atoms with Crippen molar-refractivity contribution in [3.8, 4) is 0 Å². The predicted octanol–water partition coefficient (Wildman–Crippen LogP) is 1.17. The maximum atomic E-state index is 12.3. The van der Waals surface area contributed by atoms with Gasteiger partial charge in [-0.05, 0) is 13.8 Å². The molecule has 1 aromatic rings. The summed E-state index contributed by atoms with van der Waals surface area (Å²) in [5.74, 6) is -0.632. The number of hydrogen-bond acceptors (Lipinski definition) is 5. The SMILES string of the molecule is CCNC(=O)NC(=O)[C@H](C)Sc1nncn1CC(F)(F)F. The third-order valence-corrected chi connectivity index (χ3v) is 3.25. The van der Waals surface area contributed by atoms with Crippen molar-refractivity contribution in [2.75, 3.05) is 6.54 Å². The summed E-state index contributed by atoms with van der Waals surface area (Å²) in [5, 5.41) is 10.5. The Morgan fingerprint density at radius 2 is 2.14 bits per heavy atom. The van der Waals surface area contributed by atoms with Gasteiger partial charge in [0, 0.05) is 6.54 Å². The molecular weight excluding hydrogens is 311 g/mol. The van der Waals surface area contributed by atoms with E-state index < -0.39 is 29.9 Å². The lowest BCUT2D eigenvalue weighted by molar-refractivity contribution is -0.142. The largest absolute Gasteiger partial charge is 0.406 e. The highest BCUT2D eigenvalue weighted by Crippen LogP contribution is 2.24. The lowest BCUT2D eigenvalue weighted by Gasteiger charge is -2.12. The summed E-state index contributed by atoms with van der Waals surface area (Å²) < 4.78 is 37.8. The zero-order valence-electron chi connectivity index (χ0n) is 11.3. The van der Waals surface area contributed by atoms with E-state index in [4.69, 9.17) is 0 Å². The van der Waals surface area contributed by atoms with Gasteiger partial charge in [-0.1, -0.05) is 11.8 Å². The van der Waals surface area contributed by atoms with Crippen molar-refractivity contribution in [3.63, 3.8) is 0 Å². The minimum atomic E-state index is -4.41. The number of nitrogens with one attached hydrogen (secondary N) is 2. The summed E-state index contributed by atoms with van der Waals surface area (Å²) >= 11 is 0.783. The van der Waals surface area contributed by atoms with E-state index in [1.54, 1.807) is 6.92 Å². The van der Waals surface area contributed by atoms with Crippen molar-refractivity contribution in [1.29, 1.82) is 0 Å². The highest BCUT2D eigenvalue weighted by atomic mass is 32.2. The van der Waals surface area contributed by atoms with Crippen molar-refractivity contribution in [3.05, 3.63) is 6.33 Å². The van der Waals surface area contributed by atoms with Gasteiger partial charge in [-0.25, -0.2) is 4.79 Å². The molecule has 118 valence electrons. The molecule has 0 unspecified atom stereocenters. The summed E-state index contributed by atoms with van der Waals surface area (Å²) in [5.41, 5.74) is 0. The Kier molecular flexibility index (Phi) is 6.00. The Balaban J connectivity index is 2.63.